The zero-order valence-electron chi connectivity index (χ0n) is 8.24. The standard InChI is InChI=1S/C6H10O2.C5H6O/c1-2-6(8)4-3-5-7;1-3-5(6)4-2/h2,7H,1,3-5H2;3-4H,1-2H2. The maximum Gasteiger partial charge on any atom is 0.177 e. The maximum atomic E-state index is 10.3. The van der Waals surface area contributed by atoms with Crippen molar-refractivity contribution in [2.24, 2.45) is 0 Å². The van der Waals surface area contributed by atoms with Crippen LogP contribution in [0.1, 0.15) is 12.8 Å². The van der Waals surface area contributed by atoms with Crippen LogP contribution in [0.2, 0.25) is 0 Å². The topological polar surface area (TPSA) is 54.4 Å². The minimum absolute atomic E-state index is 0.000880. The van der Waals surface area contributed by atoms with Crippen molar-refractivity contribution in [2.75, 3.05) is 6.61 Å². The highest BCUT2D eigenvalue weighted by Gasteiger charge is 1.91. The molecule has 0 aromatic rings. The van der Waals surface area contributed by atoms with Gasteiger partial charge >= 0.3 is 0 Å². The molecule has 0 saturated carbocycles. The number of hydrogen-bond acceptors (Lipinski definition) is 3. The molecule has 0 bridgehead atoms. The van der Waals surface area contributed by atoms with Gasteiger partial charge in [-0.25, -0.2) is 0 Å². The molecule has 0 unspecified atom stereocenters. The second kappa shape index (κ2) is 11.5. The Hall–Kier alpha value is -1.48. The lowest BCUT2D eigenvalue weighted by Crippen LogP contribution is -1.93. The van der Waals surface area contributed by atoms with E-state index in [1.54, 1.807) is 0 Å². The summed E-state index contributed by atoms with van der Waals surface area (Å²) in [5.41, 5.74) is 0. The number of rotatable bonds is 6. The summed E-state index contributed by atoms with van der Waals surface area (Å²) in [5, 5.41) is 8.22. The highest BCUT2D eigenvalue weighted by molar-refractivity contribution is 5.98. The van der Waals surface area contributed by atoms with E-state index in [2.05, 4.69) is 19.7 Å². The summed E-state index contributed by atoms with van der Waals surface area (Å²) in [6.07, 6.45) is 4.67. The molecule has 0 amide bonds. The van der Waals surface area contributed by atoms with Crippen LogP contribution in [-0.4, -0.2) is 23.3 Å². The molecule has 1 N–H and O–H groups in total. The smallest absolute Gasteiger partial charge is 0.177 e. The second-order valence-electron chi connectivity index (χ2n) is 2.31. The molecule has 0 aromatic carbocycles. The summed E-state index contributed by atoms with van der Waals surface area (Å²) in [4.78, 5) is 20.3. The van der Waals surface area contributed by atoms with E-state index < -0.39 is 0 Å². The molecule has 0 aliphatic carbocycles. The first-order chi connectivity index (χ1) is 6.62. The van der Waals surface area contributed by atoms with Gasteiger partial charge in [0.2, 0.25) is 0 Å². The van der Waals surface area contributed by atoms with Gasteiger partial charge < -0.3 is 5.11 Å². The first-order valence-electron chi connectivity index (χ1n) is 4.17. The fourth-order valence-corrected chi connectivity index (χ4v) is 0.439. The molecule has 0 rings (SSSR count). The summed E-state index contributed by atoms with van der Waals surface area (Å²) in [6.45, 7) is 9.79. The lowest BCUT2D eigenvalue weighted by Gasteiger charge is -1.87. The van der Waals surface area contributed by atoms with Gasteiger partial charge in [0.05, 0.1) is 0 Å². The Morgan fingerprint density at radius 2 is 1.57 bits per heavy atom. The third-order valence-corrected chi connectivity index (χ3v) is 1.21. The molecule has 0 fully saturated rings. The third kappa shape index (κ3) is 13.1. The average Bonchev–Trinajstić information content (AvgIpc) is 2.25. The van der Waals surface area contributed by atoms with Crippen molar-refractivity contribution in [3.63, 3.8) is 0 Å². The third-order valence-electron chi connectivity index (χ3n) is 1.21. The number of carbonyl (C=O) groups excluding carboxylic acids is 2. The minimum atomic E-state index is -0.130. The molecule has 0 saturated heterocycles. The van der Waals surface area contributed by atoms with Crippen LogP contribution in [0.5, 0.6) is 0 Å². The monoisotopic (exact) mass is 196 g/mol. The normalized spacial score (nSPS) is 7.79. The Labute approximate surface area is 84.4 Å². The first-order valence-corrected chi connectivity index (χ1v) is 4.17. The van der Waals surface area contributed by atoms with Crippen molar-refractivity contribution in [1.82, 2.24) is 0 Å². The van der Waals surface area contributed by atoms with Gasteiger partial charge in [-0.3, -0.25) is 9.59 Å². The van der Waals surface area contributed by atoms with Gasteiger partial charge in [-0.15, -0.1) is 0 Å². The van der Waals surface area contributed by atoms with E-state index in [9.17, 15) is 9.59 Å². The SMILES string of the molecule is C=CC(=O)C=C.C=CC(=O)CCCO. The second-order valence-corrected chi connectivity index (χ2v) is 2.31. The lowest BCUT2D eigenvalue weighted by molar-refractivity contribution is -0.115. The van der Waals surface area contributed by atoms with Crippen LogP contribution in [0, 0.1) is 0 Å². The zero-order valence-corrected chi connectivity index (χ0v) is 8.24. The van der Waals surface area contributed by atoms with E-state index in [1.807, 2.05) is 0 Å². The Bertz CT molecular complexity index is 207. The van der Waals surface area contributed by atoms with Crippen LogP contribution in [0.4, 0.5) is 0 Å². The highest BCUT2D eigenvalue weighted by atomic mass is 16.3. The molecule has 0 aromatic heterocycles. The van der Waals surface area contributed by atoms with Crippen LogP contribution in [0.15, 0.2) is 38.0 Å². The Morgan fingerprint density at radius 1 is 1.07 bits per heavy atom. The Morgan fingerprint density at radius 3 is 1.79 bits per heavy atom. The van der Waals surface area contributed by atoms with Gasteiger partial charge in [-0.2, -0.15) is 0 Å². The zero-order chi connectivity index (χ0) is 11.4. The number of carbonyl (C=O) groups is 2. The molecule has 0 spiro atoms. The number of aliphatic hydroxyl groups excluding tert-OH is 1. The first kappa shape index (κ1) is 15.0. The summed E-state index contributed by atoms with van der Waals surface area (Å²) < 4.78 is 0. The number of aliphatic hydroxyl groups is 1. The van der Waals surface area contributed by atoms with E-state index >= 15 is 0 Å². The van der Waals surface area contributed by atoms with Gasteiger partial charge in [0.1, 0.15) is 0 Å². The molecular weight excluding hydrogens is 180 g/mol. The van der Waals surface area contributed by atoms with E-state index in [4.69, 9.17) is 5.11 Å². The van der Waals surface area contributed by atoms with Crippen molar-refractivity contribution in [3.05, 3.63) is 38.0 Å². The van der Waals surface area contributed by atoms with E-state index in [0.29, 0.717) is 12.8 Å². The predicted octanol–water partition coefficient (Wildman–Crippen LogP) is 1.44. The lowest BCUT2D eigenvalue weighted by atomic mass is 10.2. The highest BCUT2D eigenvalue weighted by Crippen LogP contribution is 1.88. The molecule has 78 valence electrons. The van der Waals surface area contributed by atoms with Crippen LogP contribution in [0.25, 0.3) is 0 Å². The van der Waals surface area contributed by atoms with Gasteiger partial charge in [-0.1, -0.05) is 19.7 Å². The largest absolute Gasteiger partial charge is 0.396 e. The average molecular weight is 196 g/mol. The van der Waals surface area contributed by atoms with Crippen LogP contribution >= 0.6 is 0 Å². The minimum Gasteiger partial charge on any atom is -0.396 e. The van der Waals surface area contributed by atoms with Crippen LogP contribution in [0.3, 0.4) is 0 Å². The molecule has 0 aliphatic rings. The molecular formula is C11H16O3. The number of ketones is 2. The fraction of sp³-hybridized carbons (Fsp3) is 0.273. The van der Waals surface area contributed by atoms with Crippen LogP contribution in [-0.2, 0) is 9.59 Å². The van der Waals surface area contributed by atoms with Crippen molar-refractivity contribution in [2.45, 2.75) is 12.8 Å². The Kier molecular flexibility index (Phi) is 12.4. The van der Waals surface area contributed by atoms with Gasteiger partial charge in [0.25, 0.3) is 0 Å². The van der Waals surface area contributed by atoms with Crippen molar-refractivity contribution < 1.29 is 14.7 Å². The van der Waals surface area contributed by atoms with Gasteiger partial charge in [-0.05, 0) is 24.6 Å². The molecule has 0 heterocycles. The molecule has 3 nitrogen and oxygen atoms in total. The van der Waals surface area contributed by atoms with Crippen molar-refractivity contribution in [1.29, 1.82) is 0 Å². The molecule has 3 heteroatoms. The number of hydrogen-bond donors (Lipinski definition) is 1. The fourth-order valence-electron chi connectivity index (χ4n) is 0.439. The number of allylic oxidation sites excluding steroid dienone is 3. The van der Waals surface area contributed by atoms with Crippen molar-refractivity contribution in [3.8, 4) is 0 Å². The quantitative estimate of drug-likeness (QED) is 0.654. The van der Waals surface area contributed by atoms with E-state index in [1.165, 1.54) is 18.2 Å². The Balaban J connectivity index is 0. The van der Waals surface area contributed by atoms with E-state index in [-0.39, 0.29) is 18.2 Å². The molecule has 0 aliphatic heterocycles. The predicted molar refractivity (Wildman–Crippen MR) is 56.9 cm³/mol. The molecule has 14 heavy (non-hydrogen) atoms. The van der Waals surface area contributed by atoms with Gasteiger partial charge in [0.15, 0.2) is 11.6 Å². The maximum absolute atomic E-state index is 10.3. The van der Waals surface area contributed by atoms with Gasteiger partial charge in [0, 0.05) is 13.0 Å². The van der Waals surface area contributed by atoms with Crippen molar-refractivity contribution >= 4 is 11.6 Å². The summed E-state index contributed by atoms with van der Waals surface area (Å²) in [7, 11) is 0. The molecule has 0 radical (unpaired) electrons. The van der Waals surface area contributed by atoms with E-state index in [0.717, 1.165) is 0 Å². The van der Waals surface area contributed by atoms with Crippen LogP contribution < -0.4 is 0 Å². The summed E-state index contributed by atoms with van der Waals surface area (Å²) in [6, 6.07) is 0. The summed E-state index contributed by atoms with van der Waals surface area (Å²) >= 11 is 0. The summed E-state index contributed by atoms with van der Waals surface area (Å²) in [5.74, 6) is -0.131. The molecule has 0 atom stereocenters.